The molecule has 1 aliphatic carbocycles. The summed E-state index contributed by atoms with van der Waals surface area (Å²) in [5, 5.41) is 0. The third kappa shape index (κ3) is 1.23. The molecule has 3 nitrogen and oxygen atoms in total. The molecule has 2 bridgehead atoms. The van der Waals surface area contributed by atoms with Gasteiger partial charge in [0.1, 0.15) is 0 Å². The highest BCUT2D eigenvalue weighted by atomic mass is 16.5. The van der Waals surface area contributed by atoms with E-state index in [1.807, 2.05) is 0 Å². The van der Waals surface area contributed by atoms with Crippen molar-refractivity contribution in [3.05, 3.63) is 41.5 Å². The molecule has 6 atom stereocenters. The van der Waals surface area contributed by atoms with Gasteiger partial charge in [0, 0.05) is 42.2 Å². The van der Waals surface area contributed by atoms with Crippen LogP contribution in [0.15, 0.2) is 35.9 Å². The van der Waals surface area contributed by atoms with E-state index in [2.05, 4.69) is 40.1 Å². The molecule has 1 saturated carbocycles. The first-order valence-corrected chi connectivity index (χ1v) is 9.79. The smallest absolute Gasteiger partial charge is 0.0654 e. The summed E-state index contributed by atoms with van der Waals surface area (Å²) in [5.41, 5.74) is 5.28. The van der Waals surface area contributed by atoms with Gasteiger partial charge < -0.3 is 9.64 Å². The molecule has 5 aliphatic heterocycles. The molecule has 6 aliphatic rings. The standard InChI is InChI=1S/C21H24N2O/c1-2-4-16-15(3-1)21-7-9-22-12-13-6-10-24-17-5-8-23(16)20(21)19(17)14(13)11-18(21)22/h1-4,6,14,17-20H,5,7-12H2/t14-,17-,18-,19-,20-,21?/m0/s1. The van der Waals surface area contributed by atoms with Gasteiger partial charge in [0.25, 0.3) is 0 Å². The second-order valence-electron chi connectivity index (χ2n) is 8.79. The van der Waals surface area contributed by atoms with Gasteiger partial charge in [0.2, 0.25) is 0 Å². The molecule has 1 aromatic carbocycles. The third-order valence-corrected chi connectivity index (χ3v) is 8.33. The number of para-hydroxylation sites is 1. The summed E-state index contributed by atoms with van der Waals surface area (Å²) in [7, 11) is 0. The predicted octanol–water partition coefficient (Wildman–Crippen LogP) is 2.57. The predicted molar refractivity (Wildman–Crippen MR) is 93.3 cm³/mol. The lowest BCUT2D eigenvalue weighted by molar-refractivity contribution is -0.0566. The van der Waals surface area contributed by atoms with E-state index >= 15 is 0 Å². The zero-order chi connectivity index (χ0) is 15.5. The van der Waals surface area contributed by atoms with E-state index in [1.165, 1.54) is 38.9 Å². The van der Waals surface area contributed by atoms with Crippen molar-refractivity contribution < 1.29 is 4.74 Å². The first-order valence-electron chi connectivity index (χ1n) is 9.79. The quantitative estimate of drug-likeness (QED) is 0.683. The van der Waals surface area contributed by atoms with Crippen LogP contribution in [0.5, 0.6) is 0 Å². The summed E-state index contributed by atoms with van der Waals surface area (Å²) in [5.74, 6) is 1.48. The zero-order valence-electron chi connectivity index (χ0n) is 14.0. The van der Waals surface area contributed by atoms with Gasteiger partial charge in [-0.05, 0) is 43.4 Å². The second-order valence-corrected chi connectivity index (χ2v) is 8.79. The second kappa shape index (κ2) is 4.08. The molecule has 24 heavy (non-hydrogen) atoms. The number of rotatable bonds is 0. The van der Waals surface area contributed by atoms with E-state index in [9.17, 15) is 0 Å². The van der Waals surface area contributed by atoms with Crippen LogP contribution in [-0.2, 0) is 10.2 Å². The Morgan fingerprint density at radius 2 is 2.12 bits per heavy atom. The summed E-state index contributed by atoms with van der Waals surface area (Å²) in [4.78, 5) is 5.62. The summed E-state index contributed by atoms with van der Waals surface area (Å²) in [6, 6.07) is 10.8. The van der Waals surface area contributed by atoms with Crippen molar-refractivity contribution >= 4 is 5.69 Å². The molecule has 0 radical (unpaired) electrons. The van der Waals surface area contributed by atoms with Crippen LogP contribution in [0.3, 0.4) is 0 Å². The molecule has 0 amide bonds. The van der Waals surface area contributed by atoms with Gasteiger partial charge in [-0.15, -0.1) is 0 Å². The molecule has 1 aromatic rings. The largest absolute Gasteiger partial charge is 0.374 e. The lowest BCUT2D eigenvalue weighted by atomic mass is 9.53. The molecular weight excluding hydrogens is 296 g/mol. The zero-order valence-corrected chi connectivity index (χ0v) is 14.0. The normalized spacial score (nSPS) is 47.2. The lowest BCUT2D eigenvalue weighted by Gasteiger charge is -2.59. The Bertz CT molecular complexity index is 773. The average Bonchev–Trinajstić information content (AvgIpc) is 3.08. The number of ether oxygens (including phenoxy) is 1. The summed E-state index contributed by atoms with van der Waals surface area (Å²) in [6.07, 6.45) is 6.84. The van der Waals surface area contributed by atoms with E-state index in [-0.39, 0.29) is 0 Å². The van der Waals surface area contributed by atoms with Crippen molar-refractivity contribution in [1.82, 2.24) is 4.90 Å². The van der Waals surface area contributed by atoms with Crippen LogP contribution in [-0.4, -0.2) is 49.3 Å². The van der Waals surface area contributed by atoms with Crippen LogP contribution >= 0.6 is 0 Å². The van der Waals surface area contributed by atoms with Gasteiger partial charge in [0.05, 0.1) is 12.7 Å². The summed E-state index contributed by atoms with van der Waals surface area (Å²) < 4.78 is 6.40. The highest BCUT2D eigenvalue weighted by molar-refractivity contribution is 5.67. The topological polar surface area (TPSA) is 15.7 Å². The van der Waals surface area contributed by atoms with Crippen LogP contribution in [0.1, 0.15) is 24.8 Å². The maximum Gasteiger partial charge on any atom is 0.0654 e. The first-order chi connectivity index (χ1) is 11.9. The molecule has 4 fully saturated rings. The van der Waals surface area contributed by atoms with Crippen LogP contribution in [0.25, 0.3) is 0 Å². The minimum Gasteiger partial charge on any atom is -0.374 e. The Hall–Kier alpha value is -1.32. The van der Waals surface area contributed by atoms with E-state index in [1.54, 1.807) is 16.8 Å². The molecule has 0 aromatic heterocycles. The molecule has 1 spiro atoms. The Morgan fingerprint density at radius 3 is 3.12 bits per heavy atom. The lowest BCUT2D eigenvalue weighted by Crippen LogP contribution is -2.68. The van der Waals surface area contributed by atoms with Crippen LogP contribution in [0.4, 0.5) is 5.69 Å². The minimum absolute atomic E-state index is 0.371. The van der Waals surface area contributed by atoms with Gasteiger partial charge in [-0.2, -0.15) is 0 Å². The molecule has 3 saturated heterocycles. The highest BCUT2D eigenvalue weighted by Gasteiger charge is 2.69. The van der Waals surface area contributed by atoms with Gasteiger partial charge in [-0.1, -0.05) is 29.8 Å². The van der Waals surface area contributed by atoms with Crippen molar-refractivity contribution in [2.24, 2.45) is 11.8 Å². The Labute approximate surface area is 143 Å². The number of hydrogen-bond donors (Lipinski definition) is 0. The summed E-state index contributed by atoms with van der Waals surface area (Å²) >= 11 is 0. The molecule has 3 heteroatoms. The number of benzene rings is 1. The average molecular weight is 320 g/mol. The fraction of sp³-hybridized carbons (Fsp3) is 0.619. The third-order valence-electron chi connectivity index (χ3n) is 8.33. The number of nitrogens with zero attached hydrogens (tertiary/aromatic N) is 2. The SMILES string of the molecule is C1=C2CN3CCC45c6ccccc6N6CC[C@H](OC1)[C@@H]([C@H]64)[C@H]2C[C@H]35. The van der Waals surface area contributed by atoms with Gasteiger partial charge in [0.15, 0.2) is 0 Å². The molecule has 7 rings (SSSR count). The Morgan fingerprint density at radius 1 is 1.17 bits per heavy atom. The first kappa shape index (κ1) is 13.0. The van der Waals surface area contributed by atoms with Crippen molar-refractivity contribution in [3.63, 3.8) is 0 Å². The van der Waals surface area contributed by atoms with Crippen molar-refractivity contribution in [3.8, 4) is 0 Å². The van der Waals surface area contributed by atoms with Gasteiger partial charge in [-0.25, -0.2) is 0 Å². The molecule has 5 heterocycles. The van der Waals surface area contributed by atoms with E-state index in [0.717, 1.165) is 18.6 Å². The fourth-order valence-corrected chi connectivity index (χ4v) is 7.68. The maximum atomic E-state index is 6.40. The van der Waals surface area contributed by atoms with E-state index in [0.29, 0.717) is 23.5 Å². The monoisotopic (exact) mass is 320 g/mol. The molecule has 124 valence electrons. The summed E-state index contributed by atoms with van der Waals surface area (Å²) in [6.45, 7) is 4.52. The van der Waals surface area contributed by atoms with E-state index < -0.39 is 0 Å². The van der Waals surface area contributed by atoms with Crippen molar-refractivity contribution in [2.45, 2.75) is 42.9 Å². The van der Waals surface area contributed by atoms with Crippen molar-refractivity contribution in [1.29, 1.82) is 0 Å². The number of piperidine rings is 2. The number of hydrogen-bond acceptors (Lipinski definition) is 3. The highest BCUT2D eigenvalue weighted by Crippen LogP contribution is 2.65. The molecule has 0 N–H and O–H groups in total. The number of anilines is 1. The minimum atomic E-state index is 0.371. The van der Waals surface area contributed by atoms with Crippen LogP contribution in [0.2, 0.25) is 0 Å². The molecule has 1 unspecified atom stereocenters. The van der Waals surface area contributed by atoms with Gasteiger partial charge >= 0.3 is 0 Å². The van der Waals surface area contributed by atoms with Crippen LogP contribution < -0.4 is 4.90 Å². The number of fused-ring (bicyclic) bond motifs is 2. The fourth-order valence-electron chi connectivity index (χ4n) is 7.68. The van der Waals surface area contributed by atoms with E-state index in [4.69, 9.17) is 4.74 Å². The van der Waals surface area contributed by atoms with Crippen molar-refractivity contribution in [2.75, 3.05) is 31.1 Å². The maximum absolute atomic E-state index is 6.40. The van der Waals surface area contributed by atoms with Gasteiger partial charge in [-0.3, -0.25) is 4.90 Å². The van der Waals surface area contributed by atoms with Crippen LogP contribution in [0, 0.1) is 11.8 Å². The Kier molecular flexibility index (Phi) is 2.20. The molecular formula is C21H24N2O. The Balaban J connectivity index is 1.53.